The van der Waals surface area contributed by atoms with E-state index in [1.165, 1.54) is 25.3 Å². The second-order valence-electron chi connectivity index (χ2n) is 5.77. The number of nitrogens with zero attached hydrogens (tertiary/aromatic N) is 1. The number of hydrogen-bond donors (Lipinski definition) is 2. The number of aromatic amines is 1. The smallest absolute Gasteiger partial charge is 0.272 e. The predicted octanol–water partition coefficient (Wildman–Crippen LogP) is 3.95. The highest BCUT2D eigenvalue weighted by Crippen LogP contribution is 2.30. The molecule has 7 nitrogen and oxygen atoms in total. The fourth-order valence-electron chi connectivity index (χ4n) is 2.76. The van der Waals surface area contributed by atoms with Gasteiger partial charge in [-0.05, 0) is 37.6 Å². The van der Waals surface area contributed by atoms with Gasteiger partial charge in [0, 0.05) is 23.0 Å². The van der Waals surface area contributed by atoms with Gasteiger partial charge in [0.15, 0.2) is 0 Å². The van der Waals surface area contributed by atoms with E-state index in [9.17, 15) is 14.9 Å². The first-order valence-corrected chi connectivity index (χ1v) is 7.63. The third-order valence-corrected chi connectivity index (χ3v) is 4.08. The van der Waals surface area contributed by atoms with Crippen LogP contribution in [-0.4, -0.2) is 22.9 Å². The number of nitro benzene ring substituents is 1. The maximum absolute atomic E-state index is 12.7. The fraction of sp³-hybridized carbons (Fsp3) is 0.167. The fourth-order valence-corrected chi connectivity index (χ4v) is 2.76. The van der Waals surface area contributed by atoms with Gasteiger partial charge in [0.25, 0.3) is 11.6 Å². The average molecular weight is 339 g/mol. The topological polar surface area (TPSA) is 97.3 Å². The van der Waals surface area contributed by atoms with Crippen LogP contribution in [0.25, 0.3) is 10.9 Å². The molecule has 1 aromatic heterocycles. The summed E-state index contributed by atoms with van der Waals surface area (Å²) in [6, 6.07) is 9.94. The molecule has 0 atom stereocenters. The van der Waals surface area contributed by atoms with Crippen LogP contribution in [-0.2, 0) is 0 Å². The second-order valence-corrected chi connectivity index (χ2v) is 5.77. The van der Waals surface area contributed by atoms with E-state index in [1.807, 2.05) is 32.0 Å². The van der Waals surface area contributed by atoms with Crippen LogP contribution in [0.5, 0.6) is 5.75 Å². The zero-order chi connectivity index (χ0) is 18.1. The van der Waals surface area contributed by atoms with Crippen LogP contribution in [0.4, 0.5) is 11.4 Å². The summed E-state index contributed by atoms with van der Waals surface area (Å²) >= 11 is 0. The van der Waals surface area contributed by atoms with Crippen LogP contribution >= 0.6 is 0 Å². The summed E-state index contributed by atoms with van der Waals surface area (Å²) < 4.78 is 5.17. The predicted molar refractivity (Wildman–Crippen MR) is 95.4 cm³/mol. The van der Waals surface area contributed by atoms with Crippen LogP contribution in [0, 0.1) is 24.0 Å². The van der Waals surface area contributed by atoms with Crippen LogP contribution in [0.15, 0.2) is 36.4 Å². The number of ether oxygens (including phenoxy) is 1. The zero-order valence-electron chi connectivity index (χ0n) is 14.0. The molecule has 2 N–H and O–H groups in total. The lowest BCUT2D eigenvalue weighted by Crippen LogP contribution is -2.14. The van der Waals surface area contributed by atoms with E-state index in [0.717, 1.165) is 22.0 Å². The van der Waals surface area contributed by atoms with Gasteiger partial charge in [0.2, 0.25) is 0 Å². The molecule has 25 heavy (non-hydrogen) atoms. The molecule has 128 valence electrons. The molecule has 0 fully saturated rings. The van der Waals surface area contributed by atoms with E-state index in [2.05, 4.69) is 10.3 Å². The van der Waals surface area contributed by atoms with Gasteiger partial charge >= 0.3 is 0 Å². The number of carbonyl (C=O) groups excluding carboxylic acids is 1. The molecular weight excluding hydrogens is 322 g/mol. The summed E-state index contributed by atoms with van der Waals surface area (Å²) in [7, 11) is 1.44. The van der Waals surface area contributed by atoms with Gasteiger partial charge < -0.3 is 15.0 Å². The Morgan fingerprint density at radius 3 is 2.64 bits per heavy atom. The Labute approximate surface area is 143 Å². The highest BCUT2D eigenvalue weighted by Gasteiger charge is 2.18. The molecule has 0 aliphatic carbocycles. The number of anilines is 1. The van der Waals surface area contributed by atoms with Crippen LogP contribution in [0.2, 0.25) is 0 Å². The van der Waals surface area contributed by atoms with Crippen molar-refractivity contribution in [1.82, 2.24) is 4.98 Å². The molecule has 1 amide bonds. The molecule has 7 heteroatoms. The van der Waals surface area contributed by atoms with E-state index in [4.69, 9.17) is 4.74 Å². The summed E-state index contributed by atoms with van der Waals surface area (Å²) in [5.41, 5.74) is 3.31. The molecular formula is C18H17N3O4. The molecule has 0 spiro atoms. The molecule has 0 unspecified atom stereocenters. The number of benzene rings is 2. The minimum absolute atomic E-state index is 0.125. The number of aromatic nitrogens is 1. The van der Waals surface area contributed by atoms with Gasteiger partial charge in [-0.1, -0.05) is 11.6 Å². The van der Waals surface area contributed by atoms with Gasteiger partial charge in [-0.25, -0.2) is 0 Å². The first-order valence-electron chi connectivity index (χ1n) is 7.63. The minimum atomic E-state index is -0.522. The van der Waals surface area contributed by atoms with Crippen molar-refractivity contribution < 1.29 is 14.5 Å². The van der Waals surface area contributed by atoms with Crippen molar-refractivity contribution in [2.24, 2.45) is 0 Å². The Morgan fingerprint density at radius 2 is 1.96 bits per heavy atom. The maximum Gasteiger partial charge on any atom is 0.272 e. The largest absolute Gasteiger partial charge is 0.495 e. The first-order chi connectivity index (χ1) is 11.9. The Hall–Kier alpha value is -3.35. The van der Waals surface area contributed by atoms with Crippen molar-refractivity contribution in [3.8, 4) is 5.75 Å². The molecule has 2 aromatic carbocycles. The molecule has 0 bridgehead atoms. The van der Waals surface area contributed by atoms with Gasteiger partial charge in [0.05, 0.1) is 17.7 Å². The van der Waals surface area contributed by atoms with Crippen molar-refractivity contribution in [1.29, 1.82) is 0 Å². The van der Waals surface area contributed by atoms with Crippen LogP contribution < -0.4 is 10.1 Å². The van der Waals surface area contributed by atoms with E-state index < -0.39 is 4.92 Å². The molecule has 0 radical (unpaired) electrons. The second kappa shape index (κ2) is 6.27. The summed E-state index contributed by atoms with van der Waals surface area (Å²) in [6.07, 6.45) is 0. The normalized spacial score (nSPS) is 10.7. The Morgan fingerprint density at radius 1 is 1.20 bits per heavy atom. The van der Waals surface area contributed by atoms with E-state index in [1.54, 1.807) is 0 Å². The van der Waals surface area contributed by atoms with E-state index in [0.29, 0.717) is 11.4 Å². The summed E-state index contributed by atoms with van der Waals surface area (Å²) in [5, 5.41) is 14.6. The summed E-state index contributed by atoms with van der Waals surface area (Å²) in [6.45, 7) is 3.84. The molecule has 3 aromatic rings. The number of carbonyl (C=O) groups is 1. The van der Waals surface area contributed by atoms with Crippen molar-refractivity contribution in [3.05, 3.63) is 63.3 Å². The lowest BCUT2D eigenvalue weighted by molar-refractivity contribution is -0.384. The maximum atomic E-state index is 12.7. The van der Waals surface area contributed by atoms with Crippen molar-refractivity contribution in [2.75, 3.05) is 12.4 Å². The number of H-pyrrole nitrogens is 1. The van der Waals surface area contributed by atoms with Crippen LogP contribution in [0.1, 0.15) is 21.6 Å². The summed E-state index contributed by atoms with van der Waals surface area (Å²) in [5.74, 6) is -0.0336. The quantitative estimate of drug-likeness (QED) is 0.555. The van der Waals surface area contributed by atoms with E-state index >= 15 is 0 Å². The number of hydrogen-bond acceptors (Lipinski definition) is 4. The Balaban J connectivity index is 1.99. The van der Waals surface area contributed by atoms with Crippen LogP contribution in [0.3, 0.4) is 0 Å². The number of nitro groups is 1. The SMILES string of the molecule is COc1ccc([N+](=O)[O-])cc1NC(=O)c1[nH]c2ccc(C)cc2c1C. The molecule has 0 aliphatic rings. The molecule has 1 heterocycles. The third-order valence-electron chi connectivity index (χ3n) is 4.08. The first kappa shape index (κ1) is 16.5. The number of amides is 1. The third kappa shape index (κ3) is 3.03. The Bertz CT molecular complexity index is 991. The summed E-state index contributed by atoms with van der Waals surface area (Å²) in [4.78, 5) is 26.2. The number of non-ortho nitro benzene ring substituents is 1. The highest BCUT2D eigenvalue weighted by atomic mass is 16.6. The molecule has 3 rings (SSSR count). The van der Waals surface area contributed by atoms with Crippen molar-refractivity contribution in [3.63, 3.8) is 0 Å². The number of fused-ring (bicyclic) bond motifs is 1. The monoisotopic (exact) mass is 339 g/mol. The number of aryl methyl sites for hydroxylation is 2. The van der Waals surface area contributed by atoms with Gasteiger partial charge in [-0.3, -0.25) is 14.9 Å². The Kier molecular flexibility index (Phi) is 4.14. The molecule has 0 aliphatic heterocycles. The number of nitrogens with one attached hydrogen (secondary N) is 2. The van der Waals surface area contributed by atoms with Gasteiger partial charge in [-0.2, -0.15) is 0 Å². The molecule has 0 saturated carbocycles. The lowest BCUT2D eigenvalue weighted by Gasteiger charge is -2.09. The van der Waals surface area contributed by atoms with Crippen molar-refractivity contribution >= 4 is 28.2 Å². The molecule has 0 saturated heterocycles. The minimum Gasteiger partial charge on any atom is -0.495 e. The van der Waals surface area contributed by atoms with Gasteiger partial charge in [0.1, 0.15) is 11.4 Å². The number of methoxy groups -OCH3 is 1. The highest BCUT2D eigenvalue weighted by molar-refractivity contribution is 6.08. The van der Waals surface area contributed by atoms with Gasteiger partial charge in [-0.15, -0.1) is 0 Å². The standard InChI is InChI=1S/C18H17N3O4/c1-10-4-6-14-13(8-10)11(2)17(19-14)18(22)20-15-9-12(21(23)24)5-7-16(15)25-3/h4-9,19H,1-3H3,(H,20,22). The number of rotatable bonds is 4. The zero-order valence-corrected chi connectivity index (χ0v) is 14.0. The van der Waals surface area contributed by atoms with E-state index in [-0.39, 0.29) is 17.3 Å². The lowest BCUT2D eigenvalue weighted by atomic mass is 10.1. The average Bonchev–Trinajstić information content (AvgIpc) is 2.91. The van der Waals surface area contributed by atoms with Crippen molar-refractivity contribution in [2.45, 2.75) is 13.8 Å².